The van der Waals surface area contributed by atoms with Crippen molar-refractivity contribution in [2.45, 2.75) is 40.0 Å². The van der Waals surface area contributed by atoms with Crippen LogP contribution in [0.3, 0.4) is 0 Å². The highest BCUT2D eigenvalue weighted by atomic mass is 32.1. The summed E-state index contributed by atoms with van der Waals surface area (Å²) in [5.41, 5.74) is 0. The van der Waals surface area contributed by atoms with Crippen molar-refractivity contribution in [3.8, 4) is 0 Å². The number of guanidine groups is 1. The zero-order chi connectivity index (χ0) is 11.4. The number of aliphatic imine (C=N–C) groups is 2. The Morgan fingerprint density at radius 3 is 2.73 bits per heavy atom. The van der Waals surface area contributed by atoms with Crippen LogP contribution in [0.4, 0.5) is 0 Å². The smallest absolute Gasteiger partial charge is 0.223 e. The van der Waals surface area contributed by atoms with Gasteiger partial charge in [-0.3, -0.25) is 9.62 Å². The van der Waals surface area contributed by atoms with E-state index in [-0.39, 0.29) is 6.29 Å². The van der Waals surface area contributed by atoms with Crippen LogP contribution >= 0.6 is 12.8 Å². The third kappa shape index (κ3) is 3.39. The van der Waals surface area contributed by atoms with Crippen molar-refractivity contribution in [2.75, 3.05) is 6.54 Å². The lowest BCUT2D eigenvalue weighted by molar-refractivity contribution is 0.403. The molecule has 1 aliphatic rings. The zero-order valence-corrected chi connectivity index (χ0v) is 10.5. The minimum atomic E-state index is -0.142. The SMILES string of the molecule is CCNC1N=C(NC(C)C)N=C(C)N1S. The first-order valence-electron chi connectivity index (χ1n) is 5.15. The second-order valence-corrected chi connectivity index (χ2v) is 4.12. The molecule has 15 heavy (non-hydrogen) atoms. The van der Waals surface area contributed by atoms with Crippen LogP contribution < -0.4 is 10.6 Å². The molecule has 0 aliphatic carbocycles. The topological polar surface area (TPSA) is 52.0 Å². The number of hydrogen-bond acceptors (Lipinski definition) is 6. The molecule has 6 heteroatoms. The van der Waals surface area contributed by atoms with E-state index in [1.807, 2.05) is 13.8 Å². The maximum atomic E-state index is 4.40. The molecule has 0 aromatic rings. The molecule has 0 aromatic heterocycles. The summed E-state index contributed by atoms with van der Waals surface area (Å²) >= 11 is 4.32. The van der Waals surface area contributed by atoms with Crippen molar-refractivity contribution >= 4 is 24.6 Å². The van der Waals surface area contributed by atoms with Gasteiger partial charge in [0.15, 0.2) is 6.29 Å². The molecule has 2 N–H and O–H groups in total. The van der Waals surface area contributed by atoms with E-state index in [2.05, 4.69) is 47.3 Å². The van der Waals surface area contributed by atoms with Crippen LogP contribution in [0.15, 0.2) is 9.98 Å². The van der Waals surface area contributed by atoms with E-state index >= 15 is 0 Å². The van der Waals surface area contributed by atoms with E-state index in [1.165, 1.54) is 0 Å². The fraction of sp³-hybridized carbons (Fsp3) is 0.778. The summed E-state index contributed by atoms with van der Waals surface area (Å²) in [6, 6.07) is 0.328. The summed E-state index contributed by atoms with van der Waals surface area (Å²) in [6.45, 7) is 8.90. The van der Waals surface area contributed by atoms with Crippen molar-refractivity contribution in [3.63, 3.8) is 0 Å². The first-order chi connectivity index (χ1) is 7.04. The molecule has 0 aromatic carbocycles. The van der Waals surface area contributed by atoms with Gasteiger partial charge in [0.05, 0.1) is 0 Å². The van der Waals surface area contributed by atoms with Crippen molar-refractivity contribution < 1.29 is 0 Å². The average Bonchev–Trinajstić information content (AvgIpc) is 2.12. The summed E-state index contributed by atoms with van der Waals surface area (Å²) in [5, 5.41) is 6.39. The Morgan fingerprint density at radius 2 is 2.20 bits per heavy atom. The Labute approximate surface area is 96.6 Å². The molecule has 0 saturated carbocycles. The molecule has 0 radical (unpaired) electrons. The largest absolute Gasteiger partial charge is 0.352 e. The van der Waals surface area contributed by atoms with Gasteiger partial charge < -0.3 is 5.32 Å². The first-order valence-corrected chi connectivity index (χ1v) is 5.55. The van der Waals surface area contributed by atoms with Gasteiger partial charge in [0.25, 0.3) is 0 Å². The van der Waals surface area contributed by atoms with Crippen LogP contribution in [0.5, 0.6) is 0 Å². The number of rotatable bonds is 3. The average molecular weight is 229 g/mol. The Hall–Kier alpha value is -0.750. The Kier molecular flexibility index (Phi) is 4.41. The molecule has 0 bridgehead atoms. The van der Waals surface area contributed by atoms with Crippen molar-refractivity contribution in [1.82, 2.24) is 14.9 Å². The second-order valence-electron chi connectivity index (χ2n) is 3.69. The van der Waals surface area contributed by atoms with Crippen LogP contribution in [-0.2, 0) is 0 Å². The van der Waals surface area contributed by atoms with Crippen LogP contribution in [0.25, 0.3) is 0 Å². The van der Waals surface area contributed by atoms with E-state index < -0.39 is 0 Å². The van der Waals surface area contributed by atoms with Gasteiger partial charge in [0.1, 0.15) is 5.84 Å². The molecule has 1 heterocycles. The molecular weight excluding hydrogens is 210 g/mol. The molecule has 1 rings (SSSR count). The van der Waals surface area contributed by atoms with E-state index in [4.69, 9.17) is 0 Å². The lowest BCUT2D eigenvalue weighted by Crippen LogP contribution is -2.47. The van der Waals surface area contributed by atoms with Gasteiger partial charge in [-0.05, 0) is 27.3 Å². The van der Waals surface area contributed by atoms with Gasteiger partial charge in [-0.15, -0.1) is 0 Å². The van der Waals surface area contributed by atoms with E-state index in [1.54, 1.807) is 4.31 Å². The molecule has 0 fully saturated rings. The predicted octanol–water partition coefficient (Wildman–Crippen LogP) is 0.812. The normalized spacial score (nSPS) is 21.5. The third-order valence-corrected chi connectivity index (χ3v) is 2.39. The fourth-order valence-electron chi connectivity index (χ4n) is 1.22. The summed E-state index contributed by atoms with van der Waals surface area (Å²) in [6.07, 6.45) is -0.142. The summed E-state index contributed by atoms with van der Waals surface area (Å²) in [7, 11) is 0. The maximum Gasteiger partial charge on any atom is 0.223 e. The lowest BCUT2D eigenvalue weighted by Gasteiger charge is -2.29. The number of nitrogens with zero attached hydrogens (tertiary/aromatic N) is 3. The molecule has 1 unspecified atom stereocenters. The van der Waals surface area contributed by atoms with Gasteiger partial charge in [0, 0.05) is 6.04 Å². The van der Waals surface area contributed by atoms with Crippen LogP contribution in [-0.4, -0.2) is 35.0 Å². The Balaban J connectivity index is 2.75. The molecule has 5 nitrogen and oxygen atoms in total. The minimum Gasteiger partial charge on any atom is -0.352 e. The van der Waals surface area contributed by atoms with Gasteiger partial charge >= 0.3 is 0 Å². The van der Waals surface area contributed by atoms with Crippen molar-refractivity contribution in [2.24, 2.45) is 9.98 Å². The Morgan fingerprint density at radius 1 is 1.53 bits per heavy atom. The quantitative estimate of drug-likeness (QED) is 0.628. The molecule has 1 atom stereocenters. The minimum absolute atomic E-state index is 0.142. The highest BCUT2D eigenvalue weighted by Gasteiger charge is 2.20. The molecule has 1 aliphatic heterocycles. The molecule has 0 saturated heterocycles. The third-order valence-electron chi connectivity index (χ3n) is 1.88. The number of thiol groups is 1. The molecule has 0 amide bonds. The number of hydrogen-bond donors (Lipinski definition) is 3. The van der Waals surface area contributed by atoms with Gasteiger partial charge in [-0.2, -0.15) is 4.99 Å². The first kappa shape index (κ1) is 12.3. The predicted molar refractivity (Wildman–Crippen MR) is 67.1 cm³/mol. The maximum absolute atomic E-state index is 4.40. The fourth-order valence-corrected chi connectivity index (χ4v) is 1.40. The summed E-state index contributed by atoms with van der Waals surface area (Å²) in [4.78, 5) is 8.70. The number of nitrogens with one attached hydrogen (secondary N) is 2. The second kappa shape index (κ2) is 5.37. The molecule has 86 valence electrons. The van der Waals surface area contributed by atoms with E-state index in [9.17, 15) is 0 Å². The van der Waals surface area contributed by atoms with E-state index in [0.717, 1.165) is 12.4 Å². The van der Waals surface area contributed by atoms with Crippen molar-refractivity contribution in [1.29, 1.82) is 0 Å². The van der Waals surface area contributed by atoms with Crippen molar-refractivity contribution in [3.05, 3.63) is 0 Å². The van der Waals surface area contributed by atoms with Crippen LogP contribution in [0, 0.1) is 0 Å². The highest BCUT2D eigenvalue weighted by Crippen LogP contribution is 2.09. The van der Waals surface area contributed by atoms with Crippen LogP contribution in [0.2, 0.25) is 0 Å². The molecular formula is C9H19N5S. The summed E-state index contributed by atoms with van der Waals surface area (Å²) in [5.74, 6) is 1.50. The van der Waals surface area contributed by atoms with Gasteiger partial charge in [0.2, 0.25) is 5.96 Å². The zero-order valence-electron chi connectivity index (χ0n) is 9.65. The van der Waals surface area contributed by atoms with E-state index in [0.29, 0.717) is 12.0 Å². The lowest BCUT2D eigenvalue weighted by atomic mass is 10.4. The van der Waals surface area contributed by atoms with Gasteiger partial charge in [-0.1, -0.05) is 19.7 Å². The highest BCUT2D eigenvalue weighted by molar-refractivity contribution is 7.78. The molecule has 0 spiro atoms. The standard InChI is InChI=1S/C9H19N5S/c1-5-10-9-13-8(11-6(2)3)12-7(4)14(9)15/h6,9-10,15H,5H2,1-4H3,(H,11,13). The monoisotopic (exact) mass is 229 g/mol. The van der Waals surface area contributed by atoms with Gasteiger partial charge in [-0.25, -0.2) is 4.99 Å². The van der Waals surface area contributed by atoms with Crippen LogP contribution in [0.1, 0.15) is 27.7 Å². The summed E-state index contributed by atoms with van der Waals surface area (Å²) < 4.78 is 1.72. The Bertz CT molecular complexity index is 274. The number of amidine groups is 1.